The van der Waals surface area contributed by atoms with Gasteiger partial charge in [0.05, 0.1) is 0 Å². The molecular formula is C18H20ClNO4. The van der Waals surface area contributed by atoms with Crippen LogP contribution in [0.1, 0.15) is 31.4 Å². The minimum absolute atomic E-state index is 0.0343. The fourth-order valence-corrected chi connectivity index (χ4v) is 3.53. The zero-order valence-corrected chi connectivity index (χ0v) is 14.6. The van der Waals surface area contributed by atoms with Crippen molar-refractivity contribution in [1.29, 1.82) is 0 Å². The molecule has 24 heavy (non-hydrogen) atoms. The third-order valence-electron chi connectivity index (χ3n) is 4.64. The van der Waals surface area contributed by atoms with Gasteiger partial charge in [0.2, 0.25) is 5.69 Å². The molecule has 0 N–H and O–H groups in total. The quantitative estimate of drug-likeness (QED) is 0.675. The van der Waals surface area contributed by atoms with E-state index in [1.54, 1.807) is 0 Å². The highest BCUT2D eigenvalue weighted by Gasteiger charge is 2.48. The molecule has 0 aliphatic carbocycles. The number of para-hydroxylation sites is 1. The van der Waals surface area contributed by atoms with Crippen LogP contribution in [0.25, 0.3) is 0 Å². The van der Waals surface area contributed by atoms with Gasteiger partial charge in [-0.2, -0.15) is 0 Å². The van der Waals surface area contributed by atoms with Gasteiger partial charge in [0.25, 0.3) is 0 Å². The van der Waals surface area contributed by atoms with Crippen molar-refractivity contribution in [1.82, 2.24) is 0 Å². The zero-order valence-electron chi connectivity index (χ0n) is 13.9. The van der Waals surface area contributed by atoms with E-state index in [-0.39, 0.29) is 5.41 Å². The van der Waals surface area contributed by atoms with Crippen molar-refractivity contribution in [2.45, 2.75) is 25.7 Å². The predicted molar refractivity (Wildman–Crippen MR) is 80.5 cm³/mol. The van der Waals surface area contributed by atoms with Gasteiger partial charge in [0, 0.05) is 18.6 Å². The average Bonchev–Trinajstić information content (AvgIpc) is 2.76. The third-order valence-corrected chi connectivity index (χ3v) is 4.64. The Balaban J connectivity index is 0.000000368. The van der Waals surface area contributed by atoms with Gasteiger partial charge in [-0.25, -0.2) is 23.2 Å². The number of benzene rings is 2. The first-order valence-corrected chi connectivity index (χ1v) is 8.79. The second-order valence-electron chi connectivity index (χ2n) is 5.66. The molecule has 128 valence electrons. The average molecular weight is 350 g/mol. The Morgan fingerprint density at radius 1 is 0.917 bits per heavy atom. The van der Waals surface area contributed by atoms with Crippen LogP contribution in [0.4, 0.5) is 5.69 Å². The smallest absolute Gasteiger partial charge is 0.209 e. The number of rotatable bonds is 2. The summed E-state index contributed by atoms with van der Waals surface area (Å²) in [4.78, 5) is 0. The first-order chi connectivity index (χ1) is 11.2. The Kier molecular flexibility index (Phi) is 5.42. The van der Waals surface area contributed by atoms with E-state index in [1.165, 1.54) is 22.5 Å². The molecule has 0 saturated carbocycles. The summed E-state index contributed by atoms with van der Waals surface area (Å²) in [5, 5.41) is 0. The van der Waals surface area contributed by atoms with Crippen molar-refractivity contribution in [2.75, 3.05) is 7.05 Å². The Morgan fingerprint density at radius 3 is 1.96 bits per heavy atom. The first kappa shape index (κ1) is 18.6. The Bertz CT molecular complexity index is 734. The van der Waals surface area contributed by atoms with Gasteiger partial charge in [-0.05, 0) is 12.0 Å². The van der Waals surface area contributed by atoms with Crippen molar-refractivity contribution >= 4 is 11.4 Å². The summed E-state index contributed by atoms with van der Waals surface area (Å²) < 4.78 is 36.3. The maximum atomic E-state index is 8.49. The standard InChI is InChI=1S/C18H20N.ClHO4/c1-4-18(15-10-6-5-7-11-15)14(2)19(3)17-13-9-8-12-16(17)18;2-1(3,4)5/h5-13H,4H2,1-3H3;(H,2,3,4,5)/q+1;/p-1. The highest BCUT2D eigenvalue weighted by atomic mass is 35.7. The van der Waals surface area contributed by atoms with Crippen LogP contribution in [0.3, 0.4) is 0 Å². The van der Waals surface area contributed by atoms with E-state index in [9.17, 15) is 0 Å². The molecule has 0 aromatic heterocycles. The SMILES string of the molecule is CCC1(c2ccccc2)C(C)=[N+](C)c2ccccc21.[O-][Cl+3]([O-])([O-])[O-]. The molecule has 1 aliphatic heterocycles. The summed E-state index contributed by atoms with van der Waals surface area (Å²) in [6, 6.07) is 19.6. The van der Waals surface area contributed by atoms with Crippen molar-refractivity contribution in [2.24, 2.45) is 0 Å². The fourth-order valence-electron chi connectivity index (χ4n) is 3.53. The molecule has 0 bridgehead atoms. The van der Waals surface area contributed by atoms with E-state index in [0.717, 1.165) is 6.42 Å². The van der Waals surface area contributed by atoms with Crippen molar-refractivity contribution in [3.05, 3.63) is 65.7 Å². The maximum Gasteiger partial charge on any atom is 0.209 e. The van der Waals surface area contributed by atoms with Crippen LogP contribution in [-0.4, -0.2) is 17.3 Å². The number of nitrogens with zero attached hydrogens (tertiary/aromatic N) is 1. The van der Waals surface area contributed by atoms with Crippen LogP contribution in [-0.2, 0) is 5.41 Å². The molecule has 0 saturated heterocycles. The molecule has 2 aromatic carbocycles. The molecule has 3 rings (SSSR count). The summed E-state index contributed by atoms with van der Waals surface area (Å²) in [6.07, 6.45) is 1.09. The van der Waals surface area contributed by atoms with E-state index in [4.69, 9.17) is 18.6 Å². The molecule has 1 aliphatic rings. The Labute approximate surface area is 143 Å². The van der Waals surface area contributed by atoms with E-state index in [0.29, 0.717) is 0 Å². The van der Waals surface area contributed by atoms with Gasteiger partial charge in [0.15, 0.2) is 5.71 Å². The number of fused-ring (bicyclic) bond motifs is 1. The van der Waals surface area contributed by atoms with Gasteiger partial charge in [-0.3, -0.25) is 0 Å². The molecule has 5 nitrogen and oxygen atoms in total. The number of hydrogen-bond acceptors (Lipinski definition) is 4. The largest absolute Gasteiger partial charge is 0.222 e. The first-order valence-electron chi connectivity index (χ1n) is 7.56. The second-order valence-corrected chi connectivity index (χ2v) is 6.42. The molecule has 2 aromatic rings. The van der Waals surface area contributed by atoms with Crippen LogP contribution < -0.4 is 18.6 Å². The highest BCUT2D eigenvalue weighted by molar-refractivity contribution is 5.97. The zero-order chi connectivity index (χ0) is 18.0. The lowest BCUT2D eigenvalue weighted by Gasteiger charge is -2.26. The third kappa shape index (κ3) is 3.50. The summed E-state index contributed by atoms with van der Waals surface area (Å²) in [6.45, 7) is 4.54. The summed E-state index contributed by atoms with van der Waals surface area (Å²) in [7, 11) is -2.77. The van der Waals surface area contributed by atoms with Gasteiger partial charge >= 0.3 is 0 Å². The maximum absolute atomic E-state index is 8.49. The minimum Gasteiger partial charge on any atom is -0.222 e. The van der Waals surface area contributed by atoms with Crippen LogP contribution in [0.5, 0.6) is 0 Å². The van der Waals surface area contributed by atoms with Crippen molar-refractivity contribution in [3.63, 3.8) is 0 Å². The highest BCUT2D eigenvalue weighted by Crippen LogP contribution is 2.45. The molecule has 0 fully saturated rings. The normalized spacial score (nSPS) is 19.6. The molecule has 1 unspecified atom stereocenters. The molecule has 1 atom stereocenters. The lowest BCUT2D eigenvalue weighted by Crippen LogP contribution is -2.68. The van der Waals surface area contributed by atoms with Crippen molar-refractivity contribution < 1.29 is 33.5 Å². The lowest BCUT2D eigenvalue weighted by molar-refractivity contribution is -2.00. The van der Waals surface area contributed by atoms with Crippen LogP contribution >= 0.6 is 0 Å². The number of hydrogen-bond donors (Lipinski definition) is 0. The van der Waals surface area contributed by atoms with E-state index in [2.05, 4.69) is 80.1 Å². The minimum atomic E-state index is -4.94. The second kappa shape index (κ2) is 7.01. The van der Waals surface area contributed by atoms with Gasteiger partial charge in [-0.15, -0.1) is 10.2 Å². The molecule has 0 radical (unpaired) electrons. The molecule has 0 spiro atoms. The van der Waals surface area contributed by atoms with E-state index in [1.807, 2.05) is 0 Å². The van der Waals surface area contributed by atoms with Gasteiger partial charge < -0.3 is 0 Å². The summed E-state index contributed by atoms with van der Waals surface area (Å²) >= 11 is 0. The summed E-state index contributed by atoms with van der Waals surface area (Å²) in [5.41, 5.74) is 5.62. The lowest BCUT2D eigenvalue weighted by atomic mass is 9.70. The molecule has 1 heterocycles. The predicted octanol–water partition coefficient (Wildman–Crippen LogP) is -0.625. The molecule has 0 amide bonds. The van der Waals surface area contributed by atoms with Crippen molar-refractivity contribution in [3.8, 4) is 0 Å². The van der Waals surface area contributed by atoms with Crippen LogP contribution in [0.2, 0.25) is 0 Å². The van der Waals surface area contributed by atoms with Crippen LogP contribution in [0.15, 0.2) is 54.6 Å². The summed E-state index contributed by atoms with van der Waals surface area (Å²) in [5.74, 6) is 0. The van der Waals surface area contributed by atoms with Crippen LogP contribution in [0, 0.1) is 10.2 Å². The van der Waals surface area contributed by atoms with E-state index >= 15 is 0 Å². The number of halogens is 1. The van der Waals surface area contributed by atoms with Gasteiger partial charge in [0.1, 0.15) is 12.5 Å². The monoisotopic (exact) mass is 349 g/mol. The Hall–Kier alpha value is -1.76. The van der Waals surface area contributed by atoms with E-state index < -0.39 is 10.2 Å². The Morgan fingerprint density at radius 2 is 1.42 bits per heavy atom. The molecular weight excluding hydrogens is 330 g/mol. The molecule has 6 heteroatoms. The fraction of sp³-hybridized carbons (Fsp3) is 0.278. The van der Waals surface area contributed by atoms with Gasteiger partial charge in [-0.1, -0.05) is 55.5 Å². The topological polar surface area (TPSA) is 95.2 Å².